The Bertz CT molecular complexity index is 1440. The van der Waals surface area contributed by atoms with Gasteiger partial charge in [0.1, 0.15) is 43.4 Å². The average molecular weight is 876 g/mol. The largest absolute Gasteiger partial charge is 0.462 e. The topological polar surface area (TPSA) is 318 Å². The van der Waals surface area contributed by atoms with Gasteiger partial charge in [0, 0.05) is 25.8 Å². The number of rotatable bonds is 30. The lowest BCUT2D eigenvalue weighted by Gasteiger charge is -2.32. The van der Waals surface area contributed by atoms with Crippen molar-refractivity contribution in [3.63, 3.8) is 0 Å². The normalized spacial score (nSPS) is 16.1. The minimum absolute atomic E-state index is 0.0127. The highest BCUT2D eigenvalue weighted by molar-refractivity contribution is 7.80. The zero-order valence-electron chi connectivity index (χ0n) is 35.2. The lowest BCUT2D eigenvalue weighted by Crippen LogP contribution is -2.59. The number of nitrogens with two attached hydrogens (primary N) is 2. The molecule has 10 N–H and O–H groups in total. The first kappa shape index (κ1) is 53.4. The molecule has 1 fully saturated rings. The smallest absolute Gasteiger partial charge is 0.325 e. The lowest BCUT2D eigenvalue weighted by atomic mass is 9.97. The highest BCUT2D eigenvalue weighted by Crippen LogP contribution is 2.21. The van der Waals surface area contributed by atoms with Crippen molar-refractivity contribution in [3.05, 3.63) is 0 Å². The highest BCUT2D eigenvalue weighted by Gasteiger charge is 2.40. The zero-order valence-corrected chi connectivity index (χ0v) is 36.1. The van der Waals surface area contributed by atoms with Gasteiger partial charge in [0.25, 0.3) is 0 Å². The van der Waals surface area contributed by atoms with Crippen LogP contribution in [-0.4, -0.2) is 167 Å². The van der Waals surface area contributed by atoms with Crippen LogP contribution >= 0.6 is 12.6 Å². The van der Waals surface area contributed by atoms with Crippen molar-refractivity contribution in [2.75, 3.05) is 78.2 Å². The summed E-state index contributed by atoms with van der Waals surface area (Å²) in [6.07, 6.45) is 0.596. The van der Waals surface area contributed by atoms with E-state index in [9.17, 15) is 43.2 Å². The molecule has 6 atom stereocenters. The second-order valence-corrected chi connectivity index (χ2v) is 14.7. The standard InChI is InChI=1S/C37H65N9O13S/c1-6-23(4)32(45-34(52)26(21-60)42-24(5)47)37(55)46-10-7-8-27(46)35(53)40-19-29(49)43-25(18-28(39)48)33(51)44-31(22(2)3)36(54)41-20-30(50)59-17-16-58-15-14-57-13-12-56-11-9-38/h22-23,25-27,31-32,60H,6-21,38H2,1-5H3,(H2,39,48)(H,40,53)(H,41,54)(H,42,47)(H,43,49)(H,44,51)(H,45,52)/t23-,25-,26-,27-,31-,32-/m0/s1. The molecule has 0 radical (unpaired) electrons. The van der Waals surface area contributed by atoms with Crippen LogP contribution in [0.1, 0.15) is 60.3 Å². The van der Waals surface area contributed by atoms with Gasteiger partial charge in [0.2, 0.25) is 47.3 Å². The molecule has 23 heteroatoms. The molecule has 0 aromatic carbocycles. The van der Waals surface area contributed by atoms with Crippen molar-refractivity contribution in [3.8, 4) is 0 Å². The van der Waals surface area contributed by atoms with Crippen LogP contribution in [0.15, 0.2) is 0 Å². The van der Waals surface area contributed by atoms with E-state index in [0.29, 0.717) is 45.8 Å². The van der Waals surface area contributed by atoms with E-state index in [2.05, 4.69) is 44.5 Å². The number of amides is 8. The van der Waals surface area contributed by atoms with Gasteiger partial charge in [-0.25, -0.2) is 0 Å². The summed E-state index contributed by atoms with van der Waals surface area (Å²) in [4.78, 5) is 116. The molecule has 1 rings (SSSR count). The summed E-state index contributed by atoms with van der Waals surface area (Å²) in [6, 6.07) is -5.73. The van der Waals surface area contributed by atoms with Crippen molar-refractivity contribution in [1.29, 1.82) is 0 Å². The Kier molecular flexibility index (Phi) is 26.4. The van der Waals surface area contributed by atoms with Crippen LogP contribution in [0.5, 0.6) is 0 Å². The molecule has 1 aliphatic rings. The van der Waals surface area contributed by atoms with E-state index in [1.54, 1.807) is 20.8 Å². The van der Waals surface area contributed by atoms with Gasteiger partial charge < -0.3 is 67.2 Å². The molecular formula is C37H65N9O13S. The summed E-state index contributed by atoms with van der Waals surface area (Å²) in [5, 5.41) is 14.8. The fraction of sp³-hybridized carbons (Fsp3) is 0.757. The van der Waals surface area contributed by atoms with E-state index in [1.165, 1.54) is 11.8 Å². The summed E-state index contributed by atoms with van der Waals surface area (Å²) in [7, 11) is 0. The zero-order chi connectivity index (χ0) is 45.2. The molecule has 0 aromatic heterocycles. The van der Waals surface area contributed by atoms with Crippen molar-refractivity contribution in [2.24, 2.45) is 23.3 Å². The molecule has 0 unspecified atom stereocenters. The van der Waals surface area contributed by atoms with E-state index in [1.807, 2.05) is 6.92 Å². The van der Waals surface area contributed by atoms with E-state index in [4.69, 9.17) is 30.4 Å². The third kappa shape index (κ3) is 20.6. The van der Waals surface area contributed by atoms with Gasteiger partial charge in [-0.15, -0.1) is 0 Å². The number of nitrogens with one attached hydrogen (secondary N) is 6. The molecule has 0 bridgehead atoms. The van der Waals surface area contributed by atoms with Gasteiger partial charge in [0.15, 0.2) is 0 Å². The Balaban J connectivity index is 2.74. The fourth-order valence-electron chi connectivity index (χ4n) is 5.75. The first-order chi connectivity index (χ1) is 28.5. The number of carbonyl (C=O) groups excluding carboxylic acids is 9. The quantitative estimate of drug-likeness (QED) is 0.0190. The Hall–Kier alpha value is -4.58. The van der Waals surface area contributed by atoms with Crippen LogP contribution in [-0.2, 0) is 62.1 Å². The molecule has 342 valence electrons. The summed E-state index contributed by atoms with van der Waals surface area (Å²) >= 11 is 4.12. The maximum atomic E-state index is 13.8. The molecule has 1 aliphatic heterocycles. The summed E-state index contributed by atoms with van der Waals surface area (Å²) in [5.74, 6) is -7.35. The SMILES string of the molecule is CC[C@H](C)[C@H](NC(=O)[C@H](CS)NC(C)=O)C(=O)N1CCC[C@H]1C(=O)NCC(=O)N[C@@H](CC(N)=O)C(=O)N[C@H](C(=O)NCC(=O)OCCOCCOCCOCCN)C(C)C. The first-order valence-electron chi connectivity index (χ1n) is 20.0. The van der Waals surface area contributed by atoms with Crippen molar-refractivity contribution < 1.29 is 62.1 Å². The number of hydrogen-bond donors (Lipinski definition) is 9. The number of esters is 1. The Morgan fingerprint density at radius 3 is 1.88 bits per heavy atom. The van der Waals surface area contributed by atoms with Gasteiger partial charge in [-0.2, -0.15) is 12.6 Å². The summed E-state index contributed by atoms with van der Waals surface area (Å²) in [6.45, 7) is 9.39. The number of nitrogens with zero attached hydrogens (tertiary/aromatic N) is 1. The molecule has 0 saturated carbocycles. The molecule has 8 amide bonds. The van der Waals surface area contributed by atoms with Crippen LogP contribution in [0.4, 0.5) is 0 Å². The Morgan fingerprint density at radius 1 is 0.750 bits per heavy atom. The third-order valence-corrected chi connectivity index (χ3v) is 9.49. The summed E-state index contributed by atoms with van der Waals surface area (Å²) in [5.41, 5.74) is 10.7. The van der Waals surface area contributed by atoms with E-state index in [-0.39, 0.29) is 44.5 Å². The molecular weight excluding hydrogens is 811 g/mol. The number of ether oxygens (including phenoxy) is 4. The summed E-state index contributed by atoms with van der Waals surface area (Å²) < 4.78 is 20.9. The van der Waals surface area contributed by atoms with Crippen molar-refractivity contribution in [1.82, 2.24) is 36.8 Å². The Morgan fingerprint density at radius 2 is 1.33 bits per heavy atom. The van der Waals surface area contributed by atoms with E-state index < -0.39 is 109 Å². The molecule has 60 heavy (non-hydrogen) atoms. The van der Waals surface area contributed by atoms with Crippen LogP contribution in [0, 0.1) is 11.8 Å². The molecule has 1 saturated heterocycles. The molecule has 0 aromatic rings. The number of hydrogen-bond acceptors (Lipinski definition) is 15. The second kappa shape index (κ2) is 29.6. The van der Waals surface area contributed by atoms with Gasteiger partial charge >= 0.3 is 5.97 Å². The van der Waals surface area contributed by atoms with Gasteiger partial charge in [-0.3, -0.25) is 43.2 Å². The minimum atomic E-state index is -1.54. The van der Waals surface area contributed by atoms with E-state index in [0.717, 1.165) is 0 Å². The fourth-order valence-corrected chi connectivity index (χ4v) is 6.01. The number of primary amides is 1. The monoisotopic (exact) mass is 875 g/mol. The van der Waals surface area contributed by atoms with Crippen molar-refractivity contribution in [2.45, 2.75) is 90.5 Å². The van der Waals surface area contributed by atoms with Gasteiger partial charge in [-0.05, 0) is 24.7 Å². The predicted molar refractivity (Wildman–Crippen MR) is 219 cm³/mol. The molecule has 22 nitrogen and oxygen atoms in total. The predicted octanol–water partition coefficient (Wildman–Crippen LogP) is -3.77. The lowest BCUT2D eigenvalue weighted by molar-refractivity contribution is -0.146. The highest BCUT2D eigenvalue weighted by atomic mass is 32.1. The van der Waals surface area contributed by atoms with E-state index >= 15 is 0 Å². The van der Waals surface area contributed by atoms with Crippen LogP contribution in [0.2, 0.25) is 0 Å². The second-order valence-electron chi connectivity index (χ2n) is 14.3. The molecule has 1 heterocycles. The van der Waals surface area contributed by atoms with Crippen molar-refractivity contribution >= 4 is 65.9 Å². The first-order valence-corrected chi connectivity index (χ1v) is 20.6. The number of likely N-dealkylation sites (tertiary alicyclic amines) is 1. The minimum Gasteiger partial charge on any atom is -0.462 e. The molecule has 0 aliphatic carbocycles. The van der Waals surface area contributed by atoms with Crippen LogP contribution in [0.25, 0.3) is 0 Å². The van der Waals surface area contributed by atoms with Gasteiger partial charge in [-0.1, -0.05) is 34.1 Å². The number of thiol groups is 1. The van der Waals surface area contributed by atoms with Gasteiger partial charge in [0.05, 0.1) is 52.6 Å². The van der Waals surface area contributed by atoms with Crippen LogP contribution < -0.4 is 43.4 Å². The third-order valence-electron chi connectivity index (χ3n) is 9.12. The maximum Gasteiger partial charge on any atom is 0.325 e. The number of carbonyl (C=O) groups is 9. The average Bonchev–Trinajstić information content (AvgIpc) is 3.70. The van der Waals surface area contributed by atoms with Crippen LogP contribution in [0.3, 0.4) is 0 Å². The molecule has 0 spiro atoms. The Labute approximate surface area is 356 Å². The maximum absolute atomic E-state index is 13.8.